The van der Waals surface area contributed by atoms with Crippen molar-refractivity contribution in [1.29, 1.82) is 0 Å². The molecule has 32 heavy (non-hydrogen) atoms. The Morgan fingerprint density at radius 3 is 2.59 bits per heavy atom. The highest BCUT2D eigenvalue weighted by Crippen LogP contribution is 2.29. The summed E-state index contributed by atoms with van der Waals surface area (Å²) in [6, 6.07) is 7.17. The molecular formula is C22H24N4O6. The van der Waals surface area contributed by atoms with Crippen LogP contribution in [0.4, 0.5) is 5.82 Å². The number of rotatable bonds is 8. The van der Waals surface area contributed by atoms with Gasteiger partial charge >= 0.3 is 11.9 Å². The zero-order valence-corrected chi connectivity index (χ0v) is 18.1. The number of furan rings is 1. The van der Waals surface area contributed by atoms with Crippen molar-refractivity contribution in [2.45, 2.75) is 33.8 Å². The Kier molecular flexibility index (Phi) is 7.04. The van der Waals surface area contributed by atoms with Gasteiger partial charge in [-0.2, -0.15) is 4.98 Å². The van der Waals surface area contributed by atoms with Gasteiger partial charge in [-0.1, -0.05) is 18.2 Å². The SMILES string of the molecule is CCOC(=O)c1c(C)oc2nc(COC(=O)CCNC(=O)c3ccccc3C)nc(N)c12. The van der Waals surface area contributed by atoms with Crippen LogP contribution in [0.3, 0.4) is 0 Å². The van der Waals surface area contributed by atoms with Gasteiger partial charge in [0.1, 0.15) is 17.1 Å². The van der Waals surface area contributed by atoms with E-state index in [1.165, 1.54) is 0 Å². The van der Waals surface area contributed by atoms with Crippen LogP contribution in [0.5, 0.6) is 0 Å². The van der Waals surface area contributed by atoms with Gasteiger partial charge in [0.2, 0.25) is 5.71 Å². The second-order valence-corrected chi connectivity index (χ2v) is 6.94. The fourth-order valence-electron chi connectivity index (χ4n) is 3.12. The molecule has 1 aromatic carbocycles. The summed E-state index contributed by atoms with van der Waals surface area (Å²) in [6.45, 7) is 5.20. The van der Waals surface area contributed by atoms with Crippen LogP contribution in [0.1, 0.15) is 51.2 Å². The summed E-state index contributed by atoms with van der Waals surface area (Å²) in [6.07, 6.45) is -0.0256. The first kappa shape index (κ1) is 22.7. The molecule has 3 N–H and O–H groups in total. The first-order valence-electron chi connectivity index (χ1n) is 10.0. The van der Waals surface area contributed by atoms with E-state index in [2.05, 4.69) is 15.3 Å². The number of esters is 2. The third-order valence-corrected chi connectivity index (χ3v) is 4.65. The lowest BCUT2D eigenvalue weighted by Gasteiger charge is -2.08. The molecule has 1 amide bonds. The first-order valence-corrected chi connectivity index (χ1v) is 10.0. The number of fused-ring (bicyclic) bond motifs is 1. The summed E-state index contributed by atoms with van der Waals surface area (Å²) in [4.78, 5) is 44.6. The van der Waals surface area contributed by atoms with Crippen LogP contribution in [0.25, 0.3) is 11.1 Å². The fraction of sp³-hybridized carbons (Fsp3) is 0.318. The Bertz CT molecular complexity index is 1170. The van der Waals surface area contributed by atoms with Gasteiger partial charge in [-0.05, 0) is 32.4 Å². The summed E-state index contributed by atoms with van der Waals surface area (Å²) >= 11 is 0. The molecule has 0 aliphatic rings. The van der Waals surface area contributed by atoms with Crippen LogP contribution in [-0.2, 0) is 20.9 Å². The smallest absolute Gasteiger partial charge is 0.342 e. The van der Waals surface area contributed by atoms with Gasteiger partial charge in [-0.25, -0.2) is 9.78 Å². The van der Waals surface area contributed by atoms with Crippen LogP contribution in [0.2, 0.25) is 0 Å². The normalized spacial score (nSPS) is 10.7. The van der Waals surface area contributed by atoms with E-state index in [1.807, 2.05) is 19.1 Å². The lowest BCUT2D eigenvalue weighted by molar-refractivity contribution is -0.145. The number of ether oxygens (including phenoxy) is 2. The Labute approximate surface area is 184 Å². The Hall–Kier alpha value is -3.95. The third-order valence-electron chi connectivity index (χ3n) is 4.65. The third kappa shape index (κ3) is 5.02. The monoisotopic (exact) mass is 440 g/mol. The maximum absolute atomic E-state index is 12.2. The molecule has 0 radical (unpaired) electrons. The van der Waals surface area contributed by atoms with Gasteiger partial charge in [0.15, 0.2) is 12.4 Å². The molecule has 2 aromatic heterocycles. The van der Waals surface area contributed by atoms with Gasteiger partial charge < -0.3 is 24.9 Å². The largest absolute Gasteiger partial charge is 0.462 e. The molecule has 0 aliphatic carbocycles. The molecule has 3 rings (SSSR count). The van der Waals surface area contributed by atoms with Crippen molar-refractivity contribution >= 4 is 34.8 Å². The number of nitrogens with one attached hydrogen (secondary N) is 1. The van der Waals surface area contributed by atoms with E-state index < -0.39 is 11.9 Å². The molecule has 0 saturated carbocycles. The average Bonchev–Trinajstić information content (AvgIpc) is 3.09. The number of anilines is 1. The van der Waals surface area contributed by atoms with E-state index in [9.17, 15) is 14.4 Å². The molecular weight excluding hydrogens is 416 g/mol. The van der Waals surface area contributed by atoms with Gasteiger partial charge in [-0.15, -0.1) is 0 Å². The lowest BCUT2D eigenvalue weighted by Crippen LogP contribution is -2.27. The van der Waals surface area contributed by atoms with Crippen molar-refractivity contribution in [3.05, 3.63) is 52.5 Å². The van der Waals surface area contributed by atoms with Gasteiger partial charge in [0.25, 0.3) is 5.91 Å². The average molecular weight is 440 g/mol. The number of hydrogen-bond acceptors (Lipinski definition) is 9. The molecule has 0 spiro atoms. The predicted molar refractivity (Wildman–Crippen MR) is 115 cm³/mol. The van der Waals surface area contributed by atoms with Crippen LogP contribution < -0.4 is 11.1 Å². The predicted octanol–water partition coefficient (Wildman–Crippen LogP) is 2.46. The summed E-state index contributed by atoms with van der Waals surface area (Å²) in [5.74, 6) is -0.935. The van der Waals surface area contributed by atoms with E-state index in [1.54, 1.807) is 26.0 Å². The van der Waals surface area contributed by atoms with Gasteiger partial charge in [0, 0.05) is 12.1 Å². The maximum Gasteiger partial charge on any atom is 0.342 e. The second kappa shape index (κ2) is 9.90. The molecule has 0 unspecified atom stereocenters. The lowest BCUT2D eigenvalue weighted by atomic mass is 10.1. The van der Waals surface area contributed by atoms with Crippen LogP contribution >= 0.6 is 0 Å². The number of aryl methyl sites for hydroxylation is 2. The maximum atomic E-state index is 12.2. The Morgan fingerprint density at radius 1 is 1.12 bits per heavy atom. The number of nitrogens with zero attached hydrogens (tertiary/aromatic N) is 2. The van der Waals surface area contributed by atoms with Crippen molar-refractivity contribution in [3.63, 3.8) is 0 Å². The summed E-state index contributed by atoms with van der Waals surface area (Å²) < 4.78 is 15.7. The van der Waals surface area contributed by atoms with E-state index in [0.717, 1.165) is 5.56 Å². The van der Waals surface area contributed by atoms with Crippen LogP contribution in [0, 0.1) is 13.8 Å². The fourth-order valence-corrected chi connectivity index (χ4v) is 3.12. The molecule has 10 nitrogen and oxygen atoms in total. The summed E-state index contributed by atoms with van der Waals surface area (Å²) in [5.41, 5.74) is 7.66. The molecule has 0 bridgehead atoms. The molecule has 10 heteroatoms. The number of carbonyl (C=O) groups is 3. The highest BCUT2D eigenvalue weighted by Gasteiger charge is 2.24. The molecule has 0 fully saturated rings. The molecule has 3 aromatic rings. The standard InChI is InChI=1S/C22H24N4O6/c1-4-30-22(29)17-13(3)32-21-18(17)19(23)25-15(26-21)11-31-16(27)9-10-24-20(28)14-8-6-5-7-12(14)2/h5-8H,4,9-11H2,1-3H3,(H,24,28)(H2,23,25,26). The Morgan fingerprint density at radius 2 is 1.88 bits per heavy atom. The zero-order valence-electron chi connectivity index (χ0n) is 18.1. The number of carbonyl (C=O) groups excluding carboxylic acids is 3. The van der Waals surface area contributed by atoms with Crippen molar-refractivity contribution in [1.82, 2.24) is 15.3 Å². The number of nitrogen functional groups attached to an aromatic ring is 1. The minimum Gasteiger partial charge on any atom is -0.462 e. The topological polar surface area (TPSA) is 147 Å². The molecule has 0 atom stereocenters. The summed E-state index contributed by atoms with van der Waals surface area (Å²) in [7, 11) is 0. The molecule has 0 saturated heterocycles. The Balaban J connectivity index is 1.58. The minimum absolute atomic E-state index is 0.0199. The summed E-state index contributed by atoms with van der Waals surface area (Å²) in [5, 5.41) is 2.94. The first-order chi connectivity index (χ1) is 15.3. The van der Waals surface area contributed by atoms with Crippen LogP contribution in [-0.4, -0.2) is 41.0 Å². The van der Waals surface area contributed by atoms with Gasteiger partial charge in [-0.3, -0.25) is 9.59 Å². The quantitative estimate of drug-likeness (QED) is 0.504. The highest BCUT2D eigenvalue weighted by molar-refractivity contribution is 6.07. The van der Waals surface area contributed by atoms with Crippen molar-refractivity contribution < 1.29 is 28.3 Å². The van der Waals surface area contributed by atoms with Crippen LogP contribution in [0.15, 0.2) is 28.7 Å². The van der Waals surface area contributed by atoms with Crippen molar-refractivity contribution in [2.75, 3.05) is 18.9 Å². The van der Waals surface area contributed by atoms with E-state index in [0.29, 0.717) is 11.3 Å². The molecule has 0 aliphatic heterocycles. The van der Waals surface area contributed by atoms with Gasteiger partial charge in [0.05, 0.1) is 18.4 Å². The number of aromatic nitrogens is 2. The van der Waals surface area contributed by atoms with Crippen molar-refractivity contribution in [2.24, 2.45) is 0 Å². The number of amides is 1. The second-order valence-electron chi connectivity index (χ2n) is 6.94. The number of hydrogen-bond donors (Lipinski definition) is 2. The van der Waals surface area contributed by atoms with E-state index in [-0.39, 0.29) is 60.4 Å². The molecule has 168 valence electrons. The minimum atomic E-state index is -0.578. The number of benzene rings is 1. The zero-order chi connectivity index (χ0) is 23.3. The molecule has 2 heterocycles. The van der Waals surface area contributed by atoms with Crippen molar-refractivity contribution in [3.8, 4) is 0 Å². The number of nitrogens with two attached hydrogens (primary N) is 1. The highest BCUT2D eigenvalue weighted by atomic mass is 16.5. The van der Waals surface area contributed by atoms with E-state index >= 15 is 0 Å². The van der Waals surface area contributed by atoms with E-state index in [4.69, 9.17) is 19.6 Å².